The first-order valence-electron chi connectivity index (χ1n) is 24.0. The molecule has 56 heavy (non-hydrogen) atoms. The summed E-state index contributed by atoms with van der Waals surface area (Å²) in [7, 11) is 0. The number of cyclic esters (lactones) is 1. The highest BCUT2D eigenvalue weighted by molar-refractivity contribution is 5.76. The summed E-state index contributed by atoms with van der Waals surface area (Å²) in [5.74, 6) is 5.68. The maximum atomic E-state index is 13.1. The normalized spacial score (nSPS) is 41.0. The molecule has 3 heterocycles. The number of carbonyl (C=O) groups excluding carboxylic acids is 3. The van der Waals surface area contributed by atoms with Crippen molar-refractivity contribution in [2.24, 2.45) is 59.2 Å². The lowest BCUT2D eigenvalue weighted by Gasteiger charge is -2.37. The fraction of sp³-hybridized carbons (Fsp3) is 0.938. The molecule has 5 aliphatic carbocycles. The highest BCUT2D eigenvalue weighted by Crippen LogP contribution is 2.66. The summed E-state index contributed by atoms with van der Waals surface area (Å²) in [6, 6.07) is 0. The smallest absolute Gasteiger partial charge is 0.312 e. The van der Waals surface area contributed by atoms with Gasteiger partial charge in [0.25, 0.3) is 0 Å². The molecule has 3 saturated heterocycles. The SMILES string of the molecule is CCC1CC(C(=O)OC2(CC)CCCC2)C(CC)O1.CCC1CC(CC)C2C3CC(CC3C(=O)OC3(CC)CCCC3)C12.CCC1OC(CC)C2C(=O)OCC12. The largest absolute Gasteiger partial charge is 0.465 e. The molecule has 8 fully saturated rings. The standard InChI is InChI=1S/C22H36O2.C16H28O3.C10H16O3/c1-4-14-11-15(5-2)20-17-12-16(19(14)20)13-18(17)21(23)24-22(6-3)9-7-8-10-22;1-4-12-11-13(14(5-2)18-12)15(17)19-16(6-3)9-7-8-10-16;1-3-7-6-5-12-10(11)9(6)8(4-2)13-7/h14-20H,4-13H2,1-3H3;12-14H,4-11H2,1-3H3;6-9H,3-5H2,1-2H3. The molecule has 320 valence electrons. The second-order valence-corrected chi connectivity index (χ2v) is 19.4. The maximum absolute atomic E-state index is 13.1. The lowest BCUT2D eigenvalue weighted by atomic mass is 9.70. The lowest BCUT2D eigenvalue weighted by molar-refractivity contribution is -0.168. The van der Waals surface area contributed by atoms with Gasteiger partial charge in [-0.05, 0) is 151 Å². The molecule has 0 amide bonds. The Morgan fingerprint density at radius 1 is 0.589 bits per heavy atom. The van der Waals surface area contributed by atoms with Crippen LogP contribution in [0.5, 0.6) is 0 Å². The molecule has 0 spiro atoms. The van der Waals surface area contributed by atoms with E-state index in [1.165, 1.54) is 51.4 Å². The average molecular weight is 785 g/mol. The second-order valence-electron chi connectivity index (χ2n) is 19.4. The van der Waals surface area contributed by atoms with Crippen LogP contribution in [0.15, 0.2) is 0 Å². The summed E-state index contributed by atoms with van der Waals surface area (Å²) in [4.78, 5) is 36.9. The van der Waals surface area contributed by atoms with Gasteiger partial charge in [0.2, 0.25) is 0 Å². The van der Waals surface area contributed by atoms with Crippen LogP contribution in [0.1, 0.15) is 184 Å². The van der Waals surface area contributed by atoms with Gasteiger partial charge in [-0.3, -0.25) is 14.4 Å². The lowest BCUT2D eigenvalue weighted by Crippen LogP contribution is -2.39. The van der Waals surface area contributed by atoms with Gasteiger partial charge in [0.15, 0.2) is 0 Å². The Balaban J connectivity index is 0.000000149. The Kier molecular flexibility index (Phi) is 15.0. The van der Waals surface area contributed by atoms with Crippen molar-refractivity contribution in [3.63, 3.8) is 0 Å². The van der Waals surface area contributed by atoms with Crippen molar-refractivity contribution in [2.45, 2.75) is 219 Å². The van der Waals surface area contributed by atoms with Crippen LogP contribution in [0.25, 0.3) is 0 Å². The van der Waals surface area contributed by atoms with Gasteiger partial charge in [0.05, 0.1) is 48.8 Å². The third kappa shape index (κ3) is 8.78. The summed E-state index contributed by atoms with van der Waals surface area (Å²) < 4.78 is 28.9. The minimum atomic E-state index is -0.167. The predicted octanol–water partition coefficient (Wildman–Crippen LogP) is 10.8. The molecule has 5 saturated carbocycles. The number of esters is 3. The minimum absolute atomic E-state index is 0.00782. The van der Waals surface area contributed by atoms with Gasteiger partial charge in [-0.1, -0.05) is 68.2 Å². The van der Waals surface area contributed by atoms with Gasteiger partial charge in [-0.25, -0.2) is 0 Å². The predicted molar refractivity (Wildman–Crippen MR) is 219 cm³/mol. The van der Waals surface area contributed by atoms with Crippen LogP contribution in [-0.4, -0.2) is 60.1 Å². The zero-order valence-electron chi connectivity index (χ0n) is 36.7. The molecule has 0 aromatic rings. The van der Waals surface area contributed by atoms with Crippen LogP contribution in [0.3, 0.4) is 0 Å². The minimum Gasteiger partial charge on any atom is -0.465 e. The van der Waals surface area contributed by atoms with Crippen molar-refractivity contribution in [1.82, 2.24) is 0 Å². The number of hydrogen-bond donors (Lipinski definition) is 0. The Morgan fingerprint density at radius 2 is 1.14 bits per heavy atom. The van der Waals surface area contributed by atoms with E-state index in [1.54, 1.807) is 0 Å². The summed E-state index contributed by atoms with van der Waals surface area (Å²) in [6.45, 7) is 18.0. The topological polar surface area (TPSA) is 97.4 Å². The van der Waals surface area contributed by atoms with Crippen molar-refractivity contribution in [3.05, 3.63) is 0 Å². The van der Waals surface area contributed by atoms with Gasteiger partial charge < -0.3 is 23.7 Å². The number of hydrogen-bond acceptors (Lipinski definition) is 8. The first kappa shape index (κ1) is 43.9. The van der Waals surface area contributed by atoms with Crippen molar-refractivity contribution in [1.29, 1.82) is 0 Å². The molecule has 0 aromatic heterocycles. The fourth-order valence-corrected chi connectivity index (χ4v) is 13.5. The molecule has 0 N–H and O–H groups in total. The summed E-state index contributed by atoms with van der Waals surface area (Å²) in [5.41, 5.74) is -0.274. The highest BCUT2D eigenvalue weighted by Gasteiger charge is 2.61. The van der Waals surface area contributed by atoms with Gasteiger partial charge in [-0.15, -0.1) is 0 Å². The van der Waals surface area contributed by atoms with E-state index in [2.05, 4.69) is 55.4 Å². The van der Waals surface area contributed by atoms with Crippen LogP contribution in [0, 0.1) is 59.2 Å². The molecule has 8 heteroatoms. The van der Waals surface area contributed by atoms with Crippen molar-refractivity contribution in [2.75, 3.05) is 6.61 Å². The Labute approximate surface area is 340 Å². The number of fused-ring (bicyclic) bond motifs is 6. The third-order valence-corrected chi connectivity index (χ3v) is 16.8. The zero-order chi connectivity index (χ0) is 40.2. The average Bonchev–Trinajstić information content (AvgIpc) is 4.08. The van der Waals surface area contributed by atoms with E-state index in [0.717, 1.165) is 107 Å². The highest BCUT2D eigenvalue weighted by atomic mass is 16.6. The van der Waals surface area contributed by atoms with Crippen molar-refractivity contribution >= 4 is 17.9 Å². The van der Waals surface area contributed by atoms with E-state index < -0.39 is 0 Å². The first-order chi connectivity index (χ1) is 27.0. The van der Waals surface area contributed by atoms with Crippen LogP contribution >= 0.6 is 0 Å². The zero-order valence-corrected chi connectivity index (χ0v) is 36.7. The molecule has 3 aliphatic heterocycles. The molecular weight excluding hydrogens is 705 g/mol. The Hall–Kier alpha value is -1.67. The van der Waals surface area contributed by atoms with Gasteiger partial charge >= 0.3 is 17.9 Å². The van der Waals surface area contributed by atoms with E-state index >= 15 is 0 Å². The number of rotatable bonds is 12. The van der Waals surface area contributed by atoms with Crippen LogP contribution < -0.4 is 0 Å². The molecule has 8 rings (SSSR count). The molecule has 0 radical (unpaired) electrons. The summed E-state index contributed by atoms with van der Waals surface area (Å²) >= 11 is 0. The molecule has 2 bridgehead atoms. The summed E-state index contributed by atoms with van der Waals surface area (Å²) in [6.07, 6.45) is 22.9. The van der Waals surface area contributed by atoms with E-state index in [4.69, 9.17) is 23.7 Å². The summed E-state index contributed by atoms with van der Waals surface area (Å²) in [5, 5.41) is 0. The number of ether oxygens (including phenoxy) is 5. The van der Waals surface area contributed by atoms with Crippen molar-refractivity contribution < 1.29 is 38.1 Å². The van der Waals surface area contributed by atoms with E-state index in [0.29, 0.717) is 18.4 Å². The Morgan fingerprint density at radius 3 is 1.66 bits per heavy atom. The third-order valence-electron chi connectivity index (χ3n) is 16.8. The monoisotopic (exact) mass is 785 g/mol. The molecule has 14 atom stereocenters. The van der Waals surface area contributed by atoms with Crippen LogP contribution in [-0.2, 0) is 38.1 Å². The van der Waals surface area contributed by atoms with Crippen molar-refractivity contribution in [3.8, 4) is 0 Å². The van der Waals surface area contributed by atoms with Crippen LogP contribution in [0.2, 0.25) is 0 Å². The molecule has 14 unspecified atom stereocenters. The fourth-order valence-electron chi connectivity index (χ4n) is 13.5. The van der Waals surface area contributed by atoms with E-state index in [1.807, 2.05) is 0 Å². The second kappa shape index (κ2) is 19.1. The molecule has 8 nitrogen and oxygen atoms in total. The van der Waals surface area contributed by atoms with E-state index in [9.17, 15) is 14.4 Å². The molecule has 0 aromatic carbocycles. The quantitative estimate of drug-likeness (QED) is 0.143. The molecular formula is C48H80O8. The van der Waals surface area contributed by atoms with Gasteiger partial charge in [-0.2, -0.15) is 0 Å². The number of carbonyl (C=O) groups is 3. The van der Waals surface area contributed by atoms with Gasteiger partial charge in [0, 0.05) is 5.92 Å². The molecule has 8 aliphatic rings. The first-order valence-corrected chi connectivity index (χ1v) is 24.0. The Bertz CT molecular complexity index is 1300. The van der Waals surface area contributed by atoms with Crippen LogP contribution in [0.4, 0.5) is 0 Å². The van der Waals surface area contributed by atoms with E-state index in [-0.39, 0.29) is 71.3 Å². The van der Waals surface area contributed by atoms with Gasteiger partial charge in [0.1, 0.15) is 11.2 Å². The maximum Gasteiger partial charge on any atom is 0.312 e.